The molecule has 0 radical (unpaired) electrons. The summed E-state index contributed by atoms with van der Waals surface area (Å²) in [6.45, 7) is 2.64. The molecule has 1 aliphatic rings. The van der Waals surface area contributed by atoms with Gasteiger partial charge in [0, 0.05) is 31.4 Å². The molecule has 1 aromatic heterocycles. The number of hydrogen-bond donors (Lipinski definition) is 1. The van der Waals surface area contributed by atoms with Crippen LogP contribution in [0.15, 0.2) is 60.8 Å². The van der Waals surface area contributed by atoms with E-state index in [1.807, 2.05) is 54.7 Å². The number of amides is 1. The average Bonchev–Trinajstić information content (AvgIpc) is 3.21. The first-order valence-electron chi connectivity index (χ1n) is 8.77. The van der Waals surface area contributed by atoms with Crippen LogP contribution in [-0.2, 0) is 6.54 Å². The quantitative estimate of drug-likeness (QED) is 0.791. The first-order chi connectivity index (χ1) is 12.3. The number of fused-ring (bicyclic) bond motifs is 1. The predicted octanol–water partition coefficient (Wildman–Crippen LogP) is 3.77. The Labute approximate surface area is 147 Å². The van der Waals surface area contributed by atoms with Gasteiger partial charge in [-0.3, -0.25) is 4.79 Å². The lowest BCUT2D eigenvalue weighted by Gasteiger charge is -2.17. The first-order valence-corrected chi connectivity index (χ1v) is 8.77. The zero-order chi connectivity index (χ0) is 17.1. The van der Waals surface area contributed by atoms with Gasteiger partial charge in [0.15, 0.2) is 0 Å². The molecule has 4 rings (SSSR count). The van der Waals surface area contributed by atoms with Crippen molar-refractivity contribution in [2.45, 2.75) is 19.4 Å². The highest BCUT2D eigenvalue weighted by Gasteiger charge is 2.14. The Kier molecular flexibility index (Phi) is 4.34. The second kappa shape index (κ2) is 6.93. The van der Waals surface area contributed by atoms with Crippen LogP contribution < -0.4 is 10.2 Å². The van der Waals surface area contributed by atoms with Gasteiger partial charge in [-0.25, -0.2) is 4.98 Å². The summed E-state index contributed by atoms with van der Waals surface area (Å²) in [7, 11) is 0. The summed E-state index contributed by atoms with van der Waals surface area (Å²) in [4.78, 5) is 19.4. The fourth-order valence-electron chi connectivity index (χ4n) is 3.39. The topological polar surface area (TPSA) is 45.2 Å². The molecule has 4 heteroatoms. The van der Waals surface area contributed by atoms with Crippen molar-refractivity contribution in [2.75, 3.05) is 18.0 Å². The number of nitrogens with one attached hydrogen (secondary N) is 1. The van der Waals surface area contributed by atoms with Crippen molar-refractivity contribution >= 4 is 22.5 Å². The van der Waals surface area contributed by atoms with Gasteiger partial charge in [0.05, 0.1) is 0 Å². The highest BCUT2D eigenvalue weighted by molar-refractivity contribution is 6.06. The minimum absolute atomic E-state index is 0.0451. The molecule has 0 atom stereocenters. The number of hydrogen-bond acceptors (Lipinski definition) is 3. The van der Waals surface area contributed by atoms with Crippen molar-refractivity contribution in [3.8, 4) is 0 Å². The molecule has 0 aliphatic carbocycles. The lowest BCUT2D eigenvalue weighted by Crippen LogP contribution is -2.24. The van der Waals surface area contributed by atoms with E-state index in [9.17, 15) is 4.79 Å². The minimum Gasteiger partial charge on any atom is -0.357 e. The summed E-state index contributed by atoms with van der Waals surface area (Å²) >= 11 is 0. The molecule has 1 fully saturated rings. The van der Waals surface area contributed by atoms with Gasteiger partial charge in [-0.1, -0.05) is 36.4 Å². The first kappa shape index (κ1) is 15.6. The van der Waals surface area contributed by atoms with Crippen molar-refractivity contribution in [1.29, 1.82) is 0 Å². The smallest absolute Gasteiger partial charge is 0.252 e. The molecule has 0 bridgehead atoms. The summed E-state index contributed by atoms with van der Waals surface area (Å²) in [5.41, 5.74) is 1.79. The molecular formula is C21H21N3O. The number of pyridine rings is 1. The number of carbonyl (C=O) groups is 1. The SMILES string of the molecule is O=C(NCc1ccnc(N2CCCC2)c1)c1cccc2ccccc12. The molecule has 2 aromatic carbocycles. The molecule has 0 spiro atoms. The Morgan fingerprint density at radius 2 is 1.84 bits per heavy atom. The molecular weight excluding hydrogens is 310 g/mol. The third kappa shape index (κ3) is 3.33. The Morgan fingerprint density at radius 1 is 1.04 bits per heavy atom. The van der Waals surface area contributed by atoms with Gasteiger partial charge in [-0.15, -0.1) is 0 Å². The largest absolute Gasteiger partial charge is 0.357 e. The van der Waals surface area contributed by atoms with Gasteiger partial charge in [0.25, 0.3) is 5.91 Å². The number of aromatic nitrogens is 1. The Balaban J connectivity index is 1.49. The van der Waals surface area contributed by atoms with E-state index < -0.39 is 0 Å². The Morgan fingerprint density at radius 3 is 2.72 bits per heavy atom. The molecule has 4 nitrogen and oxygen atoms in total. The molecule has 1 amide bonds. The molecule has 1 N–H and O–H groups in total. The molecule has 0 unspecified atom stereocenters. The summed E-state index contributed by atoms with van der Waals surface area (Å²) < 4.78 is 0. The van der Waals surface area contributed by atoms with Crippen LogP contribution in [0.25, 0.3) is 10.8 Å². The Hall–Kier alpha value is -2.88. The van der Waals surface area contributed by atoms with Gasteiger partial charge in [0.1, 0.15) is 5.82 Å². The summed E-state index contributed by atoms with van der Waals surface area (Å²) in [6.07, 6.45) is 4.28. The van der Waals surface area contributed by atoms with E-state index >= 15 is 0 Å². The fourth-order valence-corrected chi connectivity index (χ4v) is 3.39. The van der Waals surface area contributed by atoms with E-state index in [0.717, 1.165) is 35.2 Å². The van der Waals surface area contributed by atoms with Gasteiger partial charge >= 0.3 is 0 Å². The molecule has 0 saturated carbocycles. The number of anilines is 1. The molecule has 2 heterocycles. The van der Waals surface area contributed by atoms with E-state index in [0.29, 0.717) is 12.1 Å². The summed E-state index contributed by atoms with van der Waals surface area (Å²) in [5, 5.41) is 5.10. The van der Waals surface area contributed by atoms with Crippen molar-refractivity contribution in [1.82, 2.24) is 10.3 Å². The van der Waals surface area contributed by atoms with Crippen LogP contribution in [0.4, 0.5) is 5.82 Å². The van der Waals surface area contributed by atoms with Crippen molar-refractivity contribution in [3.63, 3.8) is 0 Å². The fraction of sp³-hybridized carbons (Fsp3) is 0.238. The zero-order valence-corrected chi connectivity index (χ0v) is 14.1. The summed E-state index contributed by atoms with van der Waals surface area (Å²) in [5.74, 6) is 0.964. The number of nitrogens with zero attached hydrogens (tertiary/aromatic N) is 2. The average molecular weight is 331 g/mol. The third-order valence-electron chi connectivity index (χ3n) is 4.73. The molecule has 3 aromatic rings. The lowest BCUT2D eigenvalue weighted by atomic mass is 10.0. The van der Waals surface area contributed by atoms with Crippen LogP contribution in [-0.4, -0.2) is 24.0 Å². The monoisotopic (exact) mass is 331 g/mol. The maximum absolute atomic E-state index is 12.6. The van der Waals surface area contributed by atoms with Crippen molar-refractivity contribution in [3.05, 3.63) is 71.9 Å². The normalized spacial score (nSPS) is 14.0. The maximum atomic E-state index is 12.6. The zero-order valence-electron chi connectivity index (χ0n) is 14.1. The van der Waals surface area contributed by atoms with E-state index in [4.69, 9.17) is 0 Å². The van der Waals surface area contributed by atoms with Crippen LogP contribution in [0.5, 0.6) is 0 Å². The highest BCUT2D eigenvalue weighted by atomic mass is 16.1. The van der Waals surface area contributed by atoms with E-state index in [-0.39, 0.29) is 5.91 Å². The second-order valence-electron chi connectivity index (χ2n) is 6.43. The Bertz CT molecular complexity index is 895. The highest BCUT2D eigenvalue weighted by Crippen LogP contribution is 2.20. The van der Waals surface area contributed by atoms with Gasteiger partial charge in [0.2, 0.25) is 0 Å². The van der Waals surface area contributed by atoms with E-state index in [1.165, 1.54) is 12.8 Å². The van der Waals surface area contributed by atoms with Crippen LogP contribution in [0.3, 0.4) is 0 Å². The van der Waals surface area contributed by atoms with E-state index in [2.05, 4.69) is 21.3 Å². The minimum atomic E-state index is -0.0451. The van der Waals surface area contributed by atoms with Gasteiger partial charge in [-0.05, 0) is 47.4 Å². The second-order valence-corrected chi connectivity index (χ2v) is 6.43. The molecule has 1 aliphatic heterocycles. The van der Waals surface area contributed by atoms with Crippen LogP contribution in [0.1, 0.15) is 28.8 Å². The number of benzene rings is 2. The standard InChI is InChI=1S/C21H21N3O/c25-21(19-9-5-7-17-6-1-2-8-18(17)19)23-15-16-10-11-22-20(14-16)24-12-3-4-13-24/h1-2,5-11,14H,3-4,12-13,15H2,(H,23,25). The van der Waals surface area contributed by atoms with Crippen molar-refractivity contribution < 1.29 is 4.79 Å². The predicted molar refractivity (Wildman–Crippen MR) is 101 cm³/mol. The lowest BCUT2D eigenvalue weighted by molar-refractivity contribution is 0.0952. The number of rotatable bonds is 4. The summed E-state index contributed by atoms with van der Waals surface area (Å²) in [6, 6.07) is 17.8. The number of carbonyl (C=O) groups excluding carboxylic acids is 1. The van der Waals surface area contributed by atoms with Gasteiger partial charge < -0.3 is 10.2 Å². The maximum Gasteiger partial charge on any atom is 0.252 e. The van der Waals surface area contributed by atoms with Crippen molar-refractivity contribution in [2.24, 2.45) is 0 Å². The van der Waals surface area contributed by atoms with E-state index in [1.54, 1.807) is 0 Å². The van der Waals surface area contributed by atoms with Crippen LogP contribution in [0.2, 0.25) is 0 Å². The van der Waals surface area contributed by atoms with Gasteiger partial charge in [-0.2, -0.15) is 0 Å². The molecule has 25 heavy (non-hydrogen) atoms. The van der Waals surface area contributed by atoms with Crippen LogP contribution >= 0.6 is 0 Å². The molecule has 1 saturated heterocycles. The third-order valence-corrected chi connectivity index (χ3v) is 4.73. The van der Waals surface area contributed by atoms with Crippen LogP contribution in [0, 0.1) is 0 Å². The molecule has 126 valence electrons.